The predicted molar refractivity (Wildman–Crippen MR) is 476 cm³/mol. The average Bonchev–Trinajstić information content (AvgIpc) is 1.53. The molecule has 0 atom stereocenters. The molecule has 546 valence electrons. The van der Waals surface area contributed by atoms with Crippen molar-refractivity contribution in [1.82, 2.24) is 19.1 Å². The minimum Gasteiger partial charge on any atom is -0.310 e. The van der Waals surface area contributed by atoms with Crippen molar-refractivity contribution < 1.29 is 0 Å². The molecule has 2 aliphatic rings. The SMILES string of the molecule is CC(C)(C)c1cc(-c2ccc3c4c2c2cc(C(C)(C)C)ccc2n4-c2cc(-c4cc(-c5cc(-c6ccccc6)cc(-c6ccccc6)c5)nc(-c5cc(-c6ccccc6)cc(-c6ccccc6)c5)n4)cc4c2B3c2ccc(-c3cc(C(C)(C)C)cc(C(C)(C)C)c3)c3c5cc(C(C)(C)C)ccc5n-4c23)cc(C(C)(C)C)c1. The van der Waals surface area contributed by atoms with E-state index in [1.54, 1.807) is 0 Å². The number of hydrogen-bond donors (Lipinski definition) is 0. The molecule has 0 bridgehead atoms. The van der Waals surface area contributed by atoms with E-state index in [9.17, 15) is 0 Å². The number of aromatic nitrogens is 4. The van der Waals surface area contributed by atoms with Gasteiger partial charge in [-0.15, -0.1) is 0 Å². The van der Waals surface area contributed by atoms with E-state index in [1.807, 2.05) is 0 Å². The summed E-state index contributed by atoms with van der Waals surface area (Å²) in [6, 6.07) is 104. The Morgan fingerprint density at radius 2 is 0.550 bits per heavy atom. The van der Waals surface area contributed by atoms with Crippen LogP contribution >= 0.6 is 0 Å². The largest absolute Gasteiger partial charge is 0.310 e. The number of hydrogen-bond acceptors (Lipinski definition) is 2. The van der Waals surface area contributed by atoms with E-state index >= 15 is 0 Å². The fourth-order valence-corrected chi connectivity index (χ4v) is 17.5. The van der Waals surface area contributed by atoms with Crippen molar-refractivity contribution in [3.63, 3.8) is 0 Å². The van der Waals surface area contributed by atoms with Gasteiger partial charge < -0.3 is 9.13 Å². The van der Waals surface area contributed by atoms with Crippen LogP contribution in [0.1, 0.15) is 158 Å². The van der Waals surface area contributed by atoms with Crippen molar-refractivity contribution in [3.05, 3.63) is 306 Å². The first kappa shape index (κ1) is 71.2. The minimum atomic E-state index is -0.169. The van der Waals surface area contributed by atoms with E-state index in [-0.39, 0.29) is 39.2 Å². The van der Waals surface area contributed by atoms with Crippen molar-refractivity contribution in [2.24, 2.45) is 0 Å². The van der Waals surface area contributed by atoms with E-state index in [2.05, 4.69) is 407 Å². The second-order valence-electron chi connectivity index (χ2n) is 38.0. The first-order chi connectivity index (χ1) is 52.8. The molecule has 0 amide bonds. The first-order valence-corrected chi connectivity index (χ1v) is 40.0. The molecule has 0 spiro atoms. The minimum absolute atomic E-state index is 0.0990. The van der Waals surface area contributed by atoms with Crippen molar-refractivity contribution in [3.8, 4) is 112 Å². The highest BCUT2D eigenvalue weighted by molar-refractivity contribution is 7.00. The predicted octanol–water partition coefficient (Wildman–Crippen LogP) is 26.6. The van der Waals surface area contributed by atoms with Crippen LogP contribution in [0.2, 0.25) is 0 Å². The van der Waals surface area contributed by atoms with Gasteiger partial charge in [0.2, 0.25) is 0 Å². The van der Waals surface area contributed by atoms with Gasteiger partial charge in [0.1, 0.15) is 0 Å². The Morgan fingerprint density at radius 3 is 0.874 bits per heavy atom. The summed E-state index contributed by atoms with van der Waals surface area (Å²) in [6.07, 6.45) is 0. The molecule has 5 heteroatoms. The molecule has 0 aliphatic carbocycles. The highest BCUT2D eigenvalue weighted by Crippen LogP contribution is 2.49. The summed E-state index contributed by atoms with van der Waals surface area (Å²) in [5.41, 5.74) is 36.9. The molecule has 0 fully saturated rings. The Balaban J connectivity index is 1.01. The highest BCUT2D eigenvalue weighted by atomic mass is 15.0. The molecule has 3 aromatic heterocycles. The molecular weight excluding hydrogens is 1340 g/mol. The third-order valence-corrected chi connectivity index (χ3v) is 24.0. The maximum absolute atomic E-state index is 6.05. The lowest BCUT2D eigenvalue weighted by Gasteiger charge is -2.34. The van der Waals surface area contributed by atoms with Gasteiger partial charge in [-0.3, -0.25) is 0 Å². The summed E-state index contributed by atoms with van der Waals surface area (Å²) in [4.78, 5) is 11.9. The van der Waals surface area contributed by atoms with Gasteiger partial charge in [0.05, 0.1) is 22.4 Å². The molecule has 0 saturated carbocycles. The smallest absolute Gasteiger partial charge is 0.252 e. The van der Waals surface area contributed by atoms with Crippen LogP contribution in [0, 0.1) is 0 Å². The molecule has 2 aliphatic heterocycles. The Morgan fingerprint density at radius 1 is 0.243 bits per heavy atom. The zero-order chi connectivity index (χ0) is 77.3. The molecule has 5 heterocycles. The van der Waals surface area contributed by atoms with Gasteiger partial charge in [0.25, 0.3) is 6.71 Å². The number of fused-ring (bicyclic) bond motifs is 10. The quantitative estimate of drug-likeness (QED) is 0.135. The Hall–Kier alpha value is -11.4. The lowest BCUT2D eigenvalue weighted by atomic mass is 9.34. The van der Waals surface area contributed by atoms with E-state index in [0.717, 1.165) is 84.0 Å². The zero-order valence-corrected chi connectivity index (χ0v) is 67.8. The Kier molecular flexibility index (Phi) is 16.4. The van der Waals surface area contributed by atoms with E-state index in [0.29, 0.717) is 5.82 Å². The molecule has 16 aromatic rings. The second kappa shape index (κ2) is 25.6. The van der Waals surface area contributed by atoms with Gasteiger partial charge in [-0.2, -0.15) is 0 Å². The molecule has 111 heavy (non-hydrogen) atoms. The van der Waals surface area contributed by atoms with Crippen LogP contribution in [0.3, 0.4) is 0 Å². The lowest BCUT2D eigenvalue weighted by Crippen LogP contribution is -2.59. The molecule has 13 aromatic carbocycles. The summed E-state index contributed by atoms with van der Waals surface area (Å²) in [5.74, 6) is 0.643. The molecule has 4 nitrogen and oxygen atoms in total. The fraction of sp³-hybridized carbons (Fsp3) is 0.226. The number of rotatable bonds is 9. The molecular formula is C106H99BN4. The van der Waals surface area contributed by atoms with Crippen LogP contribution in [-0.2, 0) is 32.5 Å². The summed E-state index contributed by atoms with van der Waals surface area (Å²) in [5, 5.41) is 5.08. The van der Waals surface area contributed by atoms with Crippen molar-refractivity contribution in [2.45, 2.75) is 157 Å². The lowest BCUT2D eigenvalue weighted by molar-refractivity contribution is 0.568. The van der Waals surface area contributed by atoms with Crippen LogP contribution in [0.5, 0.6) is 0 Å². The maximum atomic E-state index is 6.05. The molecule has 18 rings (SSSR count). The third kappa shape index (κ3) is 12.4. The van der Waals surface area contributed by atoms with Crippen LogP contribution in [0.4, 0.5) is 0 Å². The number of benzene rings is 13. The van der Waals surface area contributed by atoms with Crippen molar-refractivity contribution in [2.75, 3.05) is 0 Å². The number of nitrogens with zero attached hydrogens (tertiary/aromatic N) is 4. The van der Waals surface area contributed by atoms with Gasteiger partial charge in [-0.25, -0.2) is 9.97 Å². The summed E-state index contributed by atoms with van der Waals surface area (Å²) >= 11 is 0. The van der Waals surface area contributed by atoms with Gasteiger partial charge in [-0.05, 0) is 228 Å². The third-order valence-electron chi connectivity index (χ3n) is 24.0. The normalized spacial score (nSPS) is 13.1. The molecule has 0 radical (unpaired) electrons. The molecule has 0 unspecified atom stereocenters. The Labute approximate surface area is 657 Å². The average molecular weight is 1440 g/mol. The van der Waals surface area contributed by atoms with Crippen LogP contribution in [0.15, 0.2) is 273 Å². The van der Waals surface area contributed by atoms with Crippen LogP contribution in [0.25, 0.3) is 156 Å². The Bertz CT molecular complexity index is 5900. The summed E-state index contributed by atoms with van der Waals surface area (Å²) in [6.45, 7) is 42.4. The standard InChI is InChI=1S/C106H99BN4/c1-101(2,3)77-39-45-91-85(61-77)95-83(72-53-79(103(7,8)9)59-80(54-72)104(10,11)12)41-43-87-98(95)110(91)93-57-75(58-94-97(93)107(87)88-44-42-84(73-55-81(105(13,14)15)60-82(56-73)106(16,17)18)96-86-62-78(102(4,5)6)40-46-92(86)111(94)99(88)96)90-63-89(74-49-68(64-31-23-19-24-32-64)47-69(50-74)65-33-25-20-26-34-65)108-100(109-90)76-51-70(66-35-27-21-28-36-66)48-71(52-76)67-37-29-22-30-38-67/h19-63H,1-18H3. The van der Waals surface area contributed by atoms with E-state index in [4.69, 9.17) is 9.97 Å². The first-order valence-electron chi connectivity index (χ1n) is 40.0. The van der Waals surface area contributed by atoms with E-state index < -0.39 is 0 Å². The van der Waals surface area contributed by atoms with Gasteiger partial charge in [0, 0.05) is 60.6 Å². The molecule has 0 N–H and O–H groups in total. The monoisotopic (exact) mass is 1440 g/mol. The summed E-state index contributed by atoms with van der Waals surface area (Å²) < 4.78 is 5.37. The second-order valence-corrected chi connectivity index (χ2v) is 38.0. The maximum Gasteiger partial charge on any atom is 0.252 e. The summed E-state index contributed by atoms with van der Waals surface area (Å²) in [7, 11) is 0. The van der Waals surface area contributed by atoms with Gasteiger partial charge >= 0.3 is 0 Å². The van der Waals surface area contributed by atoms with Gasteiger partial charge in [0.15, 0.2) is 5.82 Å². The van der Waals surface area contributed by atoms with Crippen LogP contribution < -0.4 is 16.4 Å². The van der Waals surface area contributed by atoms with Crippen LogP contribution in [-0.4, -0.2) is 25.8 Å². The van der Waals surface area contributed by atoms with E-state index in [1.165, 1.54) is 116 Å². The van der Waals surface area contributed by atoms with Crippen molar-refractivity contribution >= 4 is 66.7 Å². The topological polar surface area (TPSA) is 35.6 Å². The molecule has 0 saturated heterocycles. The van der Waals surface area contributed by atoms with Gasteiger partial charge in [-0.1, -0.05) is 319 Å². The fourth-order valence-electron chi connectivity index (χ4n) is 17.5. The zero-order valence-electron chi connectivity index (χ0n) is 67.8. The van der Waals surface area contributed by atoms with Crippen molar-refractivity contribution in [1.29, 1.82) is 0 Å². The highest BCUT2D eigenvalue weighted by Gasteiger charge is 2.43.